The van der Waals surface area contributed by atoms with Crippen molar-refractivity contribution in [3.8, 4) is 0 Å². The molecule has 2 heterocycles. The van der Waals surface area contributed by atoms with E-state index >= 15 is 0 Å². The van der Waals surface area contributed by atoms with E-state index in [4.69, 9.17) is 5.73 Å². The summed E-state index contributed by atoms with van der Waals surface area (Å²) in [5.41, 5.74) is 7.68. The third kappa shape index (κ3) is 2.38. The summed E-state index contributed by atoms with van der Waals surface area (Å²) in [5.74, 6) is 0.338. The SMILES string of the molecule is Nc1ccc(N2CCC[C@H]2c2cccc(F)c2)cn1. The molecule has 19 heavy (non-hydrogen) atoms. The minimum Gasteiger partial charge on any atom is -0.384 e. The first-order valence-electron chi connectivity index (χ1n) is 6.48. The van der Waals surface area contributed by atoms with E-state index in [2.05, 4.69) is 9.88 Å². The lowest BCUT2D eigenvalue weighted by atomic mass is 10.0. The Labute approximate surface area is 111 Å². The Balaban J connectivity index is 1.91. The predicted octanol–water partition coefficient (Wildman–Crippen LogP) is 3.14. The summed E-state index contributed by atoms with van der Waals surface area (Å²) in [5, 5.41) is 0. The van der Waals surface area contributed by atoms with Crippen molar-refractivity contribution in [2.75, 3.05) is 17.2 Å². The van der Waals surface area contributed by atoms with Gasteiger partial charge in [0.05, 0.1) is 17.9 Å². The Morgan fingerprint density at radius 1 is 1.26 bits per heavy atom. The molecule has 3 rings (SSSR count). The maximum Gasteiger partial charge on any atom is 0.123 e. The molecule has 2 aromatic rings. The summed E-state index contributed by atoms with van der Waals surface area (Å²) in [4.78, 5) is 6.40. The van der Waals surface area contributed by atoms with Gasteiger partial charge in [0, 0.05) is 6.54 Å². The summed E-state index contributed by atoms with van der Waals surface area (Å²) < 4.78 is 13.4. The van der Waals surface area contributed by atoms with Crippen molar-refractivity contribution in [2.24, 2.45) is 0 Å². The molecule has 0 radical (unpaired) electrons. The molecule has 2 N–H and O–H groups in total. The molecule has 1 aromatic heterocycles. The molecule has 1 atom stereocenters. The largest absolute Gasteiger partial charge is 0.384 e. The Morgan fingerprint density at radius 3 is 2.89 bits per heavy atom. The third-order valence-corrected chi connectivity index (χ3v) is 3.59. The van der Waals surface area contributed by atoms with Gasteiger partial charge in [-0.2, -0.15) is 0 Å². The highest BCUT2D eigenvalue weighted by molar-refractivity contribution is 5.51. The van der Waals surface area contributed by atoms with Gasteiger partial charge >= 0.3 is 0 Å². The van der Waals surface area contributed by atoms with Crippen LogP contribution in [0, 0.1) is 5.82 Å². The molecule has 1 aliphatic heterocycles. The highest BCUT2D eigenvalue weighted by Gasteiger charge is 2.26. The number of rotatable bonds is 2. The molecule has 1 fully saturated rings. The number of pyridine rings is 1. The van der Waals surface area contributed by atoms with Gasteiger partial charge in [0.15, 0.2) is 0 Å². The number of nitrogens with two attached hydrogens (primary N) is 1. The molecule has 1 aliphatic rings. The van der Waals surface area contributed by atoms with Crippen molar-refractivity contribution in [2.45, 2.75) is 18.9 Å². The van der Waals surface area contributed by atoms with E-state index in [9.17, 15) is 4.39 Å². The molecule has 3 nitrogen and oxygen atoms in total. The van der Waals surface area contributed by atoms with Crippen LogP contribution in [-0.2, 0) is 0 Å². The Morgan fingerprint density at radius 2 is 2.16 bits per heavy atom. The summed E-state index contributed by atoms with van der Waals surface area (Å²) in [6.45, 7) is 0.965. The second-order valence-electron chi connectivity index (χ2n) is 4.85. The third-order valence-electron chi connectivity index (χ3n) is 3.59. The van der Waals surface area contributed by atoms with Crippen LogP contribution in [0.25, 0.3) is 0 Å². The fourth-order valence-electron chi connectivity index (χ4n) is 2.70. The van der Waals surface area contributed by atoms with Crippen molar-refractivity contribution in [1.82, 2.24) is 4.98 Å². The molecule has 0 spiro atoms. The first-order chi connectivity index (χ1) is 9.24. The maximum absolute atomic E-state index is 13.4. The first-order valence-corrected chi connectivity index (χ1v) is 6.48. The molecule has 0 bridgehead atoms. The number of hydrogen-bond acceptors (Lipinski definition) is 3. The summed E-state index contributed by atoms with van der Waals surface area (Å²) >= 11 is 0. The standard InChI is InChI=1S/C15H16FN3/c16-12-4-1-3-11(9-12)14-5-2-8-19(14)13-6-7-15(17)18-10-13/h1,3-4,6-7,9-10,14H,2,5,8H2,(H2,17,18)/t14-/m0/s1. The highest BCUT2D eigenvalue weighted by Crippen LogP contribution is 2.35. The van der Waals surface area contributed by atoms with Gasteiger partial charge < -0.3 is 10.6 Å². The first kappa shape index (κ1) is 12.0. The summed E-state index contributed by atoms with van der Waals surface area (Å²) in [6, 6.07) is 10.8. The number of aromatic nitrogens is 1. The van der Waals surface area contributed by atoms with E-state index in [1.165, 1.54) is 6.07 Å². The van der Waals surface area contributed by atoms with E-state index in [1.54, 1.807) is 24.4 Å². The minimum absolute atomic E-state index is 0.181. The molecule has 1 aromatic carbocycles. The second-order valence-corrected chi connectivity index (χ2v) is 4.85. The number of nitrogen functional groups attached to an aromatic ring is 1. The lowest BCUT2D eigenvalue weighted by Gasteiger charge is -2.27. The number of benzene rings is 1. The van der Waals surface area contributed by atoms with Crippen molar-refractivity contribution < 1.29 is 4.39 Å². The van der Waals surface area contributed by atoms with Crippen molar-refractivity contribution >= 4 is 11.5 Å². The lowest BCUT2D eigenvalue weighted by Crippen LogP contribution is -2.22. The summed E-state index contributed by atoms with van der Waals surface area (Å²) in [6.07, 6.45) is 3.92. The molecular weight excluding hydrogens is 241 g/mol. The zero-order chi connectivity index (χ0) is 13.2. The number of nitrogens with zero attached hydrogens (tertiary/aromatic N) is 2. The van der Waals surface area contributed by atoms with E-state index in [1.807, 2.05) is 12.1 Å². The van der Waals surface area contributed by atoms with Gasteiger partial charge in [-0.15, -0.1) is 0 Å². The van der Waals surface area contributed by atoms with Gasteiger partial charge in [0.1, 0.15) is 11.6 Å². The van der Waals surface area contributed by atoms with Crippen LogP contribution in [0.2, 0.25) is 0 Å². The number of halogens is 1. The molecule has 98 valence electrons. The highest BCUT2D eigenvalue weighted by atomic mass is 19.1. The van der Waals surface area contributed by atoms with Gasteiger partial charge in [0.2, 0.25) is 0 Å². The normalized spacial score (nSPS) is 18.8. The second kappa shape index (κ2) is 4.88. The molecule has 0 saturated carbocycles. The van der Waals surface area contributed by atoms with E-state index in [0.717, 1.165) is 30.6 Å². The topological polar surface area (TPSA) is 42.1 Å². The van der Waals surface area contributed by atoms with Crippen LogP contribution in [-0.4, -0.2) is 11.5 Å². The molecule has 4 heteroatoms. The van der Waals surface area contributed by atoms with Crippen LogP contribution in [0.15, 0.2) is 42.6 Å². The zero-order valence-corrected chi connectivity index (χ0v) is 10.6. The van der Waals surface area contributed by atoms with Crippen molar-refractivity contribution in [3.05, 3.63) is 54.0 Å². The average molecular weight is 257 g/mol. The van der Waals surface area contributed by atoms with Gasteiger partial charge in [-0.05, 0) is 42.7 Å². The maximum atomic E-state index is 13.4. The molecule has 1 saturated heterocycles. The van der Waals surface area contributed by atoms with Crippen LogP contribution in [0.3, 0.4) is 0 Å². The van der Waals surface area contributed by atoms with Crippen LogP contribution >= 0.6 is 0 Å². The Hall–Kier alpha value is -2.10. The number of hydrogen-bond donors (Lipinski definition) is 1. The van der Waals surface area contributed by atoms with E-state index in [0.29, 0.717) is 5.82 Å². The molecular formula is C15H16FN3. The van der Waals surface area contributed by atoms with Gasteiger partial charge in [-0.1, -0.05) is 12.1 Å². The van der Waals surface area contributed by atoms with Crippen molar-refractivity contribution in [3.63, 3.8) is 0 Å². The fraction of sp³-hybridized carbons (Fsp3) is 0.267. The fourth-order valence-corrected chi connectivity index (χ4v) is 2.70. The Bertz CT molecular complexity index is 568. The summed E-state index contributed by atoms with van der Waals surface area (Å²) in [7, 11) is 0. The zero-order valence-electron chi connectivity index (χ0n) is 10.6. The molecule has 0 amide bonds. The quantitative estimate of drug-likeness (QED) is 0.898. The van der Waals surface area contributed by atoms with E-state index < -0.39 is 0 Å². The smallest absolute Gasteiger partial charge is 0.123 e. The van der Waals surface area contributed by atoms with Gasteiger partial charge in [0.25, 0.3) is 0 Å². The van der Waals surface area contributed by atoms with Crippen LogP contribution < -0.4 is 10.6 Å². The Kier molecular flexibility index (Phi) is 3.07. The molecule has 0 unspecified atom stereocenters. The molecule has 0 aliphatic carbocycles. The lowest BCUT2D eigenvalue weighted by molar-refractivity contribution is 0.618. The van der Waals surface area contributed by atoms with Crippen LogP contribution in [0.4, 0.5) is 15.9 Å². The van der Waals surface area contributed by atoms with E-state index in [-0.39, 0.29) is 11.9 Å². The van der Waals surface area contributed by atoms with Crippen LogP contribution in [0.5, 0.6) is 0 Å². The van der Waals surface area contributed by atoms with Gasteiger partial charge in [-0.3, -0.25) is 0 Å². The average Bonchev–Trinajstić information content (AvgIpc) is 2.89. The predicted molar refractivity (Wildman–Crippen MR) is 74.4 cm³/mol. The number of anilines is 2. The van der Waals surface area contributed by atoms with Crippen LogP contribution in [0.1, 0.15) is 24.4 Å². The monoisotopic (exact) mass is 257 g/mol. The van der Waals surface area contributed by atoms with Gasteiger partial charge in [-0.25, -0.2) is 9.37 Å². The van der Waals surface area contributed by atoms with Crippen molar-refractivity contribution in [1.29, 1.82) is 0 Å². The minimum atomic E-state index is -0.181.